The molecular weight excluding hydrogens is 517 g/mol. The zero-order chi connectivity index (χ0) is 22.1. The van der Waals surface area contributed by atoms with Gasteiger partial charge in [-0.1, -0.05) is 30.3 Å². The van der Waals surface area contributed by atoms with Crippen molar-refractivity contribution in [3.63, 3.8) is 0 Å². The van der Waals surface area contributed by atoms with Crippen LogP contribution < -0.4 is 5.32 Å². The number of aliphatic imine (C=N–C) groups is 1. The largest absolute Gasteiger partial charge is 0.378 e. The first-order valence-corrected chi connectivity index (χ1v) is 11.7. The van der Waals surface area contributed by atoms with E-state index < -0.39 is 0 Å². The van der Waals surface area contributed by atoms with Crippen molar-refractivity contribution < 1.29 is 9.53 Å². The van der Waals surface area contributed by atoms with Crippen LogP contribution in [0.25, 0.3) is 0 Å². The van der Waals surface area contributed by atoms with E-state index in [2.05, 4.69) is 66.3 Å². The molecule has 0 aliphatic carbocycles. The Balaban J connectivity index is 0.00000363. The van der Waals surface area contributed by atoms with Crippen LogP contribution in [0, 0.1) is 5.92 Å². The number of carbonyl (C=O) groups excluding carboxylic acids is 1. The van der Waals surface area contributed by atoms with Crippen molar-refractivity contribution in [3.05, 3.63) is 35.9 Å². The van der Waals surface area contributed by atoms with Gasteiger partial charge in [-0.3, -0.25) is 14.7 Å². The van der Waals surface area contributed by atoms with Crippen LogP contribution in [0.4, 0.5) is 0 Å². The van der Waals surface area contributed by atoms with Crippen molar-refractivity contribution in [2.75, 3.05) is 59.5 Å². The number of hydrogen-bond donors (Lipinski definition) is 1. The van der Waals surface area contributed by atoms with Gasteiger partial charge in [-0.05, 0) is 39.3 Å². The number of piperidine rings is 1. The molecule has 0 spiro atoms. The van der Waals surface area contributed by atoms with Gasteiger partial charge in [0.05, 0.1) is 19.8 Å². The Morgan fingerprint density at radius 2 is 1.81 bits per heavy atom. The first kappa shape index (κ1) is 26.9. The number of nitrogens with zero attached hydrogens (tertiary/aromatic N) is 4. The number of rotatable bonds is 7. The van der Waals surface area contributed by atoms with Crippen molar-refractivity contribution in [2.24, 2.45) is 10.9 Å². The van der Waals surface area contributed by atoms with Gasteiger partial charge in [-0.15, -0.1) is 24.0 Å². The molecule has 8 heteroatoms. The van der Waals surface area contributed by atoms with E-state index in [1.165, 1.54) is 5.56 Å². The molecule has 32 heavy (non-hydrogen) atoms. The van der Waals surface area contributed by atoms with Crippen LogP contribution in [-0.2, 0) is 16.1 Å². The minimum atomic E-state index is 0. The summed E-state index contributed by atoms with van der Waals surface area (Å²) >= 11 is 0. The van der Waals surface area contributed by atoms with Gasteiger partial charge in [0.15, 0.2) is 5.96 Å². The van der Waals surface area contributed by atoms with Gasteiger partial charge in [0.1, 0.15) is 0 Å². The molecule has 1 amide bonds. The van der Waals surface area contributed by atoms with Crippen molar-refractivity contribution in [1.29, 1.82) is 0 Å². The zero-order valence-electron chi connectivity index (χ0n) is 19.8. The zero-order valence-corrected chi connectivity index (χ0v) is 22.2. The van der Waals surface area contributed by atoms with E-state index in [9.17, 15) is 4.79 Å². The fourth-order valence-electron chi connectivity index (χ4n) is 4.19. The number of morpholine rings is 1. The summed E-state index contributed by atoms with van der Waals surface area (Å²) in [5.41, 5.74) is 1.32. The number of nitrogens with one attached hydrogen (secondary N) is 1. The molecule has 2 heterocycles. The maximum Gasteiger partial charge on any atom is 0.225 e. The Morgan fingerprint density at radius 1 is 1.16 bits per heavy atom. The van der Waals surface area contributed by atoms with Crippen LogP contribution in [0.1, 0.15) is 32.3 Å². The lowest BCUT2D eigenvalue weighted by Gasteiger charge is -2.37. The summed E-state index contributed by atoms with van der Waals surface area (Å²) in [6.07, 6.45) is 1.79. The van der Waals surface area contributed by atoms with Gasteiger partial charge < -0.3 is 19.9 Å². The lowest BCUT2D eigenvalue weighted by molar-refractivity contribution is -0.140. The van der Waals surface area contributed by atoms with Crippen LogP contribution >= 0.6 is 24.0 Å². The lowest BCUT2D eigenvalue weighted by atomic mass is 9.95. The molecule has 1 aromatic carbocycles. The number of likely N-dealkylation sites (tertiary alicyclic amines) is 1. The second-order valence-electron chi connectivity index (χ2n) is 8.64. The number of amides is 1. The molecule has 1 aromatic rings. The highest BCUT2D eigenvalue weighted by Gasteiger charge is 2.30. The Bertz CT molecular complexity index is 704. The highest BCUT2D eigenvalue weighted by molar-refractivity contribution is 14.0. The normalized spacial score (nSPS) is 18.9. The summed E-state index contributed by atoms with van der Waals surface area (Å²) in [7, 11) is 2.16. The molecule has 3 rings (SSSR count). The summed E-state index contributed by atoms with van der Waals surface area (Å²) in [5, 5.41) is 3.45. The third-order valence-corrected chi connectivity index (χ3v) is 6.33. The minimum Gasteiger partial charge on any atom is -0.378 e. The molecule has 0 radical (unpaired) electrons. The number of ether oxygens (including phenoxy) is 1. The van der Waals surface area contributed by atoms with Crippen molar-refractivity contribution in [2.45, 2.75) is 39.3 Å². The fourth-order valence-corrected chi connectivity index (χ4v) is 4.19. The number of halogens is 1. The van der Waals surface area contributed by atoms with Crippen LogP contribution in [-0.4, -0.2) is 92.1 Å². The first-order chi connectivity index (χ1) is 15.1. The van der Waals surface area contributed by atoms with Gasteiger partial charge in [0.25, 0.3) is 0 Å². The van der Waals surface area contributed by atoms with Crippen LogP contribution in [0.15, 0.2) is 35.3 Å². The van der Waals surface area contributed by atoms with Gasteiger partial charge in [0.2, 0.25) is 5.91 Å². The average Bonchev–Trinajstić information content (AvgIpc) is 2.82. The fraction of sp³-hybridized carbons (Fsp3) is 0.667. The molecule has 0 saturated carbocycles. The molecule has 0 aromatic heterocycles. The molecule has 2 fully saturated rings. The molecule has 1 atom stereocenters. The molecule has 7 nitrogen and oxygen atoms in total. The van der Waals surface area contributed by atoms with Crippen LogP contribution in [0.2, 0.25) is 0 Å². The predicted molar refractivity (Wildman–Crippen MR) is 140 cm³/mol. The maximum absolute atomic E-state index is 12.8. The van der Waals surface area contributed by atoms with Crippen LogP contribution in [0.5, 0.6) is 0 Å². The summed E-state index contributed by atoms with van der Waals surface area (Å²) in [6.45, 7) is 11.4. The second kappa shape index (κ2) is 14.0. The number of likely N-dealkylation sites (N-methyl/N-ethyl adjacent to an activating group) is 1. The third-order valence-electron chi connectivity index (χ3n) is 6.33. The topological polar surface area (TPSA) is 60.4 Å². The molecule has 1 N–H and O–H groups in total. The van der Waals surface area contributed by atoms with E-state index in [0.29, 0.717) is 25.2 Å². The number of benzene rings is 1. The molecule has 2 aliphatic rings. The second-order valence-corrected chi connectivity index (χ2v) is 8.64. The van der Waals surface area contributed by atoms with Gasteiger partial charge >= 0.3 is 0 Å². The predicted octanol–water partition coefficient (Wildman–Crippen LogP) is 2.66. The minimum absolute atomic E-state index is 0. The van der Waals surface area contributed by atoms with Crippen LogP contribution in [0.3, 0.4) is 0 Å². The molecular formula is C24H40IN5O2. The molecule has 1 unspecified atom stereocenters. The summed E-state index contributed by atoms with van der Waals surface area (Å²) in [5.74, 6) is 1.41. The Morgan fingerprint density at radius 3 is 2.44 bits per heavy atom. The smallest absolute Gasteiger partial charge is 0.225 e. The molecule has 2 aliphatic heterocycles. The molecule has 0 bridgehead atoms. The van der Waals surface area contributed by atoms with E-state index in [0.717, 1.165) is 64.6 Å². The average molecular weight is 558 g/mol. The van der Waals surface area contributed by atoms with E-state index in [1.54, 1.807) is 0 Å². The molecule has 180 valence electrons. The van der Waals surface area contributed by atoms with E-state index in [-0.39, 0.29) is 29.9 Å². The lowest BCUT2D eigenvalue weighted by Crippen LogP contribution is -2.50. The number of guanidine groups is 1. The monoisotopic (exact) mass is 557 g/mol. The standard InChI is InChI=1S/C24H39N5O2.HI/c1-4-25-24(26-18-20(2)27(3)19-21-8-6-5-7-9-21)29-12-10-22(11-13-29)23(30)28-14-16-31-17-15-28;/h5-9,20,22H,4,10-19H2,1-3H3,(H,25,26);1H. The number of hydrogen-bond acceptors (Lipinski definition) is 4. The van der Waals surface area contributed by atoms with E-state index >= 15 is 0 Å². The molecule has 2 saturated heterocycles. The Labute approximate surface area is 210 Å². The van der Waals surface area contributed by atoms with E-state index in [4.69, 9.17) is 9.73 Å². The highest BCUT2D eigenvalue weighted by Crippen LogP contribution is 2.20. The summed E-state index contributed by atoms with van der Waals surface area (Å²) in [6, 6.07) is 10.9. The number of carbonyl (C=O) groups is 1. The maximum atomic E-state index is 12.8. The van der Waals surface area contributed by atoms with Gasteiger partial charge in [-0.2, -0.15) is 0 Å². The van der Waals surface area contributed by atoms with Crippen molar-refractivity contribution in [3.8, 4) is 0 Å². The van der Waals surface area contributed by atoms with E-state index in [1.807, 2.05) is 4.90 Å². The Kier molecular flexibility index (Phi) is 11.7. The van der Waals surface area contributed by atoms with Crippen molar-refractivity contribution >= 4 is 35.8 Å². The quantitative estimate of drug-likeness (QED) is 0.318. The first-order valence-electron chi connectivity index (χ1n) is 11.7. The summed E-state index contributed by atoms with van der Waals surface area (Å²) < 4.78 is 5.38. The third kappa shape index (κ3) is 7.88. The highest BCUT2D eigenvalue weighted by atomic mass is 127. The Hall–Kier alpha value is -1.39. The van der Waals surface area contributed by atoms with Gasteiger partial charge in [-0.25, -0.2) is 0 Å². The van der Waals surface area contributed by atoms with Gasteiger partial charge in [0, 0.05) is 51.2 Å². The summed E-state index contributed by atoms with van der Waals surface area (Å²) in [4.78, 5) is 24.4. The van der Waals surface area contributed by atoms with Crippen molar-refractivity contribution in [1.82, 2.24) is 20.0 Å². The SMILES string of the molecule is CCNC(=NCC(C)N(C)Cc1ccccc1)N1CCC(C(=O)N2CCOCC2)CC1.I.